The molecule has 0 aliphatic heterocycles. The van der Waals surface area contributed by atoms with Gasteiger partial charge in [-0.2, -0.15) is 0 Å². The first-order valence-electron chi connectivity index (χ1n) is 5.09. The molecule has 6 heteroatoms. The monoisotopic (exact) mass is 388 g/mol. The van der Waals surface area contributed by atoms with Crippen LogP contribution in [0.3, 0.4) is 0 Å². The van der Waals surface area contributed by atoms with Crippen molar-refractivity contribution >= 4 is 48.3 Å². The maximum Gasteiger partial charge on any atom is 0.0621 e. The standard InChI is InChI=1S/C12H10Br2N2OS/c13-9-1-2-12(11(15)4-9)18(17)7-8-3-10(14)6-16-5-8/h1-6H,7,15H2. The third-order valence-electron chi connectivity index (χ3n) is 2.28. The first-order valence-corrected chi connectivity index (χ1v) is 7.99. The SMILES string of the molecule is Nc1cc(Br)ccc1S(=O)Cc1cncc(Br)c1. The summed E-state index contributed by atoms with van der Waals surface area (Å²) in [6.45, 7) is 0. The van der Waals surface area contributed by atoms with Crippen LogP contribution in [-0.2, 0) is 16.6 Å². The van der Waals surface area contributed by atoms with Gasteiger partial charge in [-0.15, -0.1) is 0 Å². The average Bonchev–Trinajstić information content (AvgIpc) is 2.28. The molecule has 94 valence electrons. The second-order valence-corrected chi connectivity index (χ2v) is 6.93. The highest BCUT2D eigenvalue weighted by molar-refractivity contribution is 9.10. The summed E-state index contributed by atoms with van der Waals surface area (Å²) in [6.07, 6.45) is 3.40. The Bertz CT molecular complexity index is 604. The zero-order valence-electron chi connectivity index (χ0n) is 9.27. The highest BCUT2D eigenvalue weighted by atomic mass is 79.9. The molecular weight excluding hydrogens is 380 g/mol. The van der Waals surface area contributed by atoms with E-state index < -0.39 is 10.8 Å². The summed E-state index contributed by atoms with van der Waals surface area (Å²) in [5.41, 5.74) is 7.30. The van der Waals surface area contributed by atoms with Crippen LogP contribution in [0.4, 0.5) is 5.69 Å². The van der Waals surface area contributed by atoms with Crippen molar-refractivity contribution in [2.45, 2.75) is 10.6 Å². The lowest BCUT2D eigenvalue weighted by Gasteiger charge is -2.06. The van der Waals surface area contributed by atoms with Crippen LogP contribution in [0.1, 0.15) is 5.56 Å². The summed E-state index contributed by atoms with van der Waals surface area (Å²) in [5.74, 6) is 0.401. The molecule has 1 unspecified atom stereocenters. The molecule has 0 amide bonds. The molecule has 2 aromatic rings. The largest absolute Gasteiger partial charge is 0.398 e. The van der Waals surface area contributed by atoms with E-state index in [2.05, 4.69) is 36.8 Å². The van der Waals surface area contributed by atoms with Crippen molar-refractivity contribution < 1.29 is 4.21 Å². The third kappa shape index (κ3) is 3.40. The Morgan fingerprint density at radius 2 is 1.94 bits per heavy atom. The minimum absolute atomic E-state index is 0.401. The number of anilines is 1. The van der Waals surface area contributed by atoms with Crippen LogP contribution in [0.15, 0.2) is 50.5 Å². The summed E-state index contributed by atoms with van der Waals surface area (Å²) in [4.78, 5) is 4.70. The molecule has 0 saturated carbocycles. The van der Waals surface area contributed by atoms with Crippen LogP contribution >= 0.6 is 31.9 Å². The van der Waals surface area contributed by atoms with Crippen LogP contribution in [0.2, 0.25) is 0 Å². The fourth-order valence-electron chi connectivity index (χ4n) is 1.49. The second-order valence-electron chi connectivity index (χ2n) is 3.68. The number of hydrogen-bond acceptors (Lipinski definition) is 3. The summed E-state index contributed by atoms with van der Waals surface area (Å²) >= 11 is 6.67. The van der Waals surface area contributed by atoms with Gasteiger partial charge in [0.05, 0.1) is 21.4 Å². The minimum atomic E-state index is -1.17. The topological polar surface area (TPSA) is 56.0 Å². The van der Waals surface area contributed by atoms with Gasteiger partial charge in [0, 0.05) is 27.0 Å². The molecule has 0 saturated heterocycles. The van der Waals surface area contributed by atoms with Gasteiger partial charge in [-0.1, -0.05) is 15.9 Å². The van der Waals surface area contributed by atoms with Gasteiger partial charge in [-0.05, 0) is 45.8 Å². The van der Waals surface area contributed by atoms with E-state index >= 15 is 0 Å². The number of benzene rings is 1. The number of aromatic nitrogens is 1. The first kappa shape index (κ1) is 13.7. The Morgan fingerprint density at radius 3 is 2.61 bits per heavy atom. The normalized spacial score (nSPS) is 12.3. The molecule has 0 aliphatic carbocycles. The molecular formula is C12H10Br2N2OS. The molecule has 18 heavy (non-hydrogen) atoms. The third-order valence-corrected chi connectivity index (χ3v) is 4.66. The Labute approximate surface area is 125 Å². The Morgan fingerprint density at radius 1 is 1.17 bits per heavy atom. The highest BCUT2D eigenvalue weighted by Crippen LogP contribution is 2.23. The number of halogens is 2. The molecule has 0 spiro atoms. The number of nitrogens with zero attached hydrogens (tertiary/aromatic N) is 1. The molecule has 2 N–H and O–H groups in total. The lowest BCUT2D eigenvalue weighted by atomic mass is 10.3. The number of nitrogen functional groups attached to an aromatic ring is 1. The van der Waals surface area contributed by atoms with E-state index in [1.807, 2.05) is 12.1 Å². The van der Waals surface area contributed by atoms with Gasteiger partial charge in [0.2, 0.25) is 0 Å². The molecule has 0 bridgehead atoms. The lowest BCUT2D eigenvalue weighted by Crippen LogP contribution is -2.01. The van der Waals surface area contributed by atoms with Crippen molar-refractivity contribution in [1.29, 1.82) is 0 Å². The number of hydrogen-bond donors (Lipinski definition) is 1. The van der Waals surface area contributed by atoms with Gasteiger partial charge in [0.25, 0.3) is 0 Å². The van der Waals surface area contributed by atoms with Gasteiger partial charge >= 0.3 is 0 Å². The maximum atomic E-state index is 12.2. The molecule has 0 fully saturated rings. The fourth-order valence-corrected chi connectivity index (χ4v) is 3.44. The lowest BCUT2D eigenvalue weighted by molar-refractivity contribution is 0.683. The van der Waals surface area contributed by atoms with E-state index in [-0.39, 0.29) is 0 Å². The average molecular weight is 390 g/mol. The molecule has 1 atom stereocenters. The molecule has 1 heterocycles. The molecule has 2 rings (SSSR count). The van der Waals surface area contributed by atoms with Gasteiger partial charge in [-0.3, -0.25) is 9.19 Å². The molecule has 0 radical (unpaired) electrons. The van der Waals surface area contributed by atoms with Gasteiger partial charge < -0.3 is 5.73 Å². The van der Waals surface area contributed by atoms with E-state index in [1.54, 1.807) is 24.5 Å². The Kier molecular flexibility index (Phi) is 4.53. The minimum Gasteiger partial charge on any atom is -0.398 e. The van der Waals surface area contributed by atoms with Gasteiger partial charge in [-0.25, -0.2) is 0 Å². The van der Waals surface area contributed by atoms with Gasteiger partial charge in [0.15, 0.2) is 0 Å². The van der Waals surface area contributed by atoms with E-state index in [0.29, 0.717) is 16.3 Å². The second kappa shape index (κ2) is 5.95. The number of rotatable bonds is 3. The fraction of sp³-hybridized carbons (Fsp3) is 0.0833. The quantitative estimate of drug-likeness (QED) is 0.817. The van der Waals surface area contributed by atoms with Crippen LogP contribution in [0.25, 0.3) is 0 Å². The van der Waals surface area contributed by atoms with E-state index in [1.165, 1.54) is 0 Å². The Balaban J connectivity index is 2.22. The first-order chi connectivity index (χ1) is 8.56. The highest BCUT2D eigenvalue weighted by Gasteiger charge is 2.09. The number of nitrogens with two attached hydrogens (primary N) is 1. The van der Waals surface area contributed by atoms with Crippen molar-refractivity contribution in [3.05, 3.63) is 51.2 Å². The predicted octanol–water partition coefficient (Wildman–Crippen LogP) is 3.50. The Hall–Kier alpha value is -0.720. The van der Waals surface area contributed by atoms with Gasteiger partial charge in [0.1, 0.15) is 0 Å². The predicted molar refractivity (Wildman–Crippen MR) is 80.6 cm³/mol. The van der Waals surface area contributed by atoms with Crippen LogP contribution in [-0.4, -0.2) is 9.19 Å². The summed E-state index contributed by atoms with van der Waals surface area (Å²) in [5, 5.41) is 0. The van der Waals surface area contributed by atoms with Crippen molar-refractivity contribution in [3.8, 4) is 0 Å². The van der Waals surface area contributed by atoms with Crippen LogP contribution < -0.4 is 5.73 Å². The van der Waals surface area contributed by atoms with Crippen molar-refractivity contribution in [3.63, 3.8) is 0 Å². The molecule has 1 aromatic heterocycles. The van der Waals surface area contributed by atoms with E-state index in [4.69, 9.17) is 5.73 Å². The maximum absolute atomic E-state index is 12.2. The van der Waals surface area contributed by atoms with Crippen molar-refractivity contribution in [2.24, 2.45) is 0 Å². The zero-order chi connectivity index (χ0) is 13.1. The van der Waals surface area contributed by atoms with Crippen molar-refractivity contribution in [2.75, 3.05) is 5.73 Å². The van der Waals surface area contributed by atoms with Crippen LogP contribution in [0, 0.1) is 0 Å². The summed E-state index contributed by atoms with van der Waals surface area (Å²) < 4.78 is 14.0. The molecule has 0 aliphatic rings. The van der Waals surface area contributed by atoms with E-state index in [9.17, 15) is 4.21 Å². The van der Waals surface area contributed by atoms with Crippen LogP contribution in [0.5, 0.6) is 0 Å². The zero-order valence-corrected chi connectivity index (χ0v) is 13.3. The molecule has 3 nitrogen and oxygen atoms in total. The van der Waals surface area contributed by atoms with E-state index in [0.717, 1.165) is 14.5 Å². The van der Waals surface area contributed by atoms with Crippen molar-refractivity contribution in [1.82, 2.24) is 4.98 Å². The molecule has 1 aromatic carbocycles. The smallest absolute Gasteiger partial charge is 0.0621 e. The number of pyridine rings is 1. The summed E-state index contributed by atoms with van der Waals surface area (Å²) in [7, 11) is -1.17. The summed E-state index contributed by atoms with van der Waals surface area (Å²) in [6, 6.07) is 7.27.